The Bertz CT molecular complexity index is 1190. The minimum atomic E-state index is -1.33. The van der Waals surface area contributed by atoms with Gasteiger partial charge in [-0.25, -0.2) is 9.67 Å². The Morgan fingerprint density at radius 2 is 1.65 bits per heavy atom. The molecule has 158 valence electrons. The number of benzene rings is 2. The molecule has 0 fully saturated rings. The third-order valence-electron chi connectivity index (χ3n) is 4.88. The van der Waals surface area contributed by atoms with Crippen molar-refractivity contribution in [3.8, 4) is 0 Å². The lowest BCUT2D eigenvalue weighted by Crippen LogP contribution is -2.36. The van der Waals surface area contributed by atoms with E-state index in [2.05, 4.69) is 10.1 Å². The molecule has 0 aliphatic rings. The second-order valence-corrected chi connectivity index (χ2v) is 8.53. The fourth-order valence-electron chi connectivity index (χ4n) is 3.39. The van der Waals surface area contributed by atoms with E-state index in [-0.39, 0.29) is 13.1 Å². The number of hydrogen-bond donors (Lipinski definition) is 1. The second-order valence-electron chi connectivity index (χ2n) is 7.25. The lowest BCUT2D eigenvalue weighted by molar-refractivity contribution is -0.00204. The fraction of sp³-hybridized carbons (Fsp3) is 0.130. The van der Waals surface area contributed by atoms with Gasteiger partial charge < -0.3 is 9.67 Å². The normalized spacial score (nSPS) is 13.5. The van der Waals surface area contributed by atoms with Gasteiger partial charge >= 0.3 is 0 Å². The third kappa shape index (κ3) is 5.38. The van der Waals surface area contributed by atoms with E-state index in [4.69, 9.17) is 34.8 Å². The zero-order valence-electron chi connectivity index (χ0n) is 16.4. The summed E-state index contributed by atoms with van der Waals surface area (Å²) >= 11 is 18.4. The molecule has 5 nitrogen and oxygen atoms in total. The van der Waals surface area contributed by atoms with E-state index < -0.39 is 5.60 Å². The highest BCUT2D eigenvalue weighted by Crippen LogP contribution is 2.33. The van der Waals surface area contributed by atoms with Crippen LogP contribution >= 0.6 is 34.8 Å². The Kier molecular flexibility index (Phi) is 6.49. The lowest BCUT2D eigenvalue weighted by atomic mass is 9.93. The molecule has 0 spiro atoms. The summed E-state index contributed by atoms with van der Waals surface area (Å²) in [7, 11) is 0. The Morgan fingerprint density at radius 1 is 0.903 bits per heavy atom. The molecule has 2 heterocycles. The average Bonchev–Trinajstić information content (AvgIpc) is 3.39. The molecule has 4 rings (SSSR count). The van der Waals surface area contributed by atoms with Gasteiger partial charge in [0.2, 0.25) is 0 Å². The SMILES string of the molecule is OC(Cn1ccc(C=Cc2ccc(Cl)cc2)c1)(Cn1cncn1)c1ccc(Cl)cc1Cl. The molecular weight excluding hydrogens is 455 g/mol. The summed E-state index contributed by atoms with van der Waals surface area (Å²) in [5.74, 6) is 0. The smallest absolute Gasteiger partial charge is 0.137 e. The molecule has 1 N–H and O–H groups in total. The number of hydrogen-bond acceptors (Lipinski definition) is 3. The summed E-state index contributed by atoms with van der Waals surface area (Å²) in [5.41, 5.74) is 1.29. The zero-order chi connectivity index (χ0) is 21.8. The van der Waals surface area contributed by atoms with Crippen molar-refractivity contribution in [1.29, 1.82) is 0 Å². The van der Waals surface area contributed by atoms with Gasteiger partial charge in [-0.05, 0) is 41.5 Å². The number of aromatic nitrogens is 4. The van der Waals surface area contributed by atoms with Crippen LogP contribution in [0.4, 0.5) is 0 Å². The third-order valence-corrected chi connectivity index (χ3v) is 5.68. The van der Waals surface area contributed by atoms with Gasteiger partial charge in [-0.1, -0.05) is 65.2 Å². The van der Waals surface area contributed by atoms with Crippen LogP contribution in [-0.4, -0.2) is 24.4 Å². The van der Waals surface area contributed by atoms with Gasteiger partial charge in [0, 0.05) is 33.0 Å². The summed E-state index contributed by atoms with van der Waals surface area (Å²) in [6, 6.07) is 14.7. The van der Waals surface area contributed by atoms with Gasteiger partial charge in [0.05, 0.1) is 13.1 Å². The molecule has 31 heavy (non-hydrogen) atoms. The number of aliphatic hydroxyl groups is 1. The summed E-state index contributed by atoms with van der Waals surface area (Å²) in [6.45, 7) is 0.450. The van der Waals surface area contributed by atoms with Gasteiger partial charge in [0.1, 0.15) is 18.3 Å². The fourth-order valence-corrected chi connectivity index (χ4v) is 4.10. The highest BCUT2D eigenvalue weighted by Gasteiger charge is 2.33. The maximum Gasteiger partial charge on any atom is 0.137 e. The van der Waals surface area contributed by atoms with Crippen molar-refractivity contribution < 1.29 is 5.11 Å². The first kappa shape index (κ1) is 21.7. The monoisotopic (exact) mass is 472 g/mol. The Morgan fingerprint density at radius 3 is 2.35 bits per heavy atom. The Hall–Kier alpha value is -2.57. The summed E-state index contributed by atoms with van der Waals surface area (Å²) < 4.78 is 3.50. The van der Waals surface area contributed by atoms with Crippen LogP contribution in [0.1, 0.15) is 16.7 Å². The predicted octanol–water partition coefficient (Wildman–Crippen LogP) is 5.80. The van der Waals surface area contributed by atoms with E-state index in [0.717, 1.165) is 11.1 Å². The van der Waals surface area contributed by atoms with Crippen molar-refractivity contribution in [2.75, 3.05) is 0 Å². The standard InChI is InChI=1S/C23H19Cl3N4O/c24-19-5-3-17(4-6-19)1-2-18-9-10-29(12-18)13-23(31,14-30-16-27-15-28-30)21-8-7-20(25)11-22(21)26/h1-12,15-16,31H,13-14H2. The van der Waals surface area contributed by atoms with Crippen molar-refractivity contribution in [3.05, 3.63) is 105 Å². The second kappa shape index (κ2) is 9.28. The molecule has 1 atom stereocenters. The Balaban J connectivity index is 1.59. The highest BCUT2D eigenvalue weighted by molar-refractivity contribution is 6.35. The van der Waals surface area contributed by atoms with Gasteiger partial charge in [-0.15, -0.1) is 0 Å². The molecule has 0 bridgehead atoms. The first-order valence-corrected chi connectivity index (χ1v) is 10.6. The predicted molar refractivity (Wildman–Crippen MR) is 125 cm³/mol. The quantitative estimate of drug-likeness (QED) is 0.369. The molecule has 4 aromatic rings. The van der Waals surface area contributed by atoms with Crippen molar-refractivity contribution >= 4 is 47.0 Å². The molecule has 2 aromatic carbocycles. The van der Waals surface area contributed by atoms with E-state index in [1.165, 1.54) is 6.33 Å². The van der Waals surface area contributed by atoms with Crippen LogP contribution in [0.3, 0.4) is 0 Å². The summed E-state index contributed by atoms with van der Waals surface area (Å²) in [4.78, 5) is 3.97. The van der Waals surface area contributed by atoms with Crippen molar-refractivity contribution in [3.63, 3.8) is 0 Å². The van der Waals surface area contributed by atoms with Gasteiger partial charge in [-0.3, -0.25) is 0 Å². The molecule has 0 amide bonds. The van der Waals surface area contributed by atoms with E-state index in [1.807, 2.05) is 59.4 Å². The maximum atomic E-state index is 11.7. The molecule has 0 aliphatic carbocycles. The van der Waals surface area contributed by atoms with E-state index in [1.54, 1.807) is 29.2 Å². The van der Waals surface area contributed by atoms with Gasteiger partial charge in [-0.2, -0.15) is 5.10 Å². The largest absolute Gasteiger partial charge is 0.381 e. The molecule has 0 aliphatic heterocycles. The van der Waals surface area contributed by atoms with E-state index in [0.29, 0.717) is 20.6 Å². The maximum absolute atomic E-state index is 11.7. The van der Waals surface area contributed by atoms with Crippen LogP contribution in [0.2, 0.25) is 15.1 Å². The molecule has 0 saturated carbocycles. The minimum absolute atomic E-state index is 0.183. The number of halogens is 3. The zero-order valence-corrected chi connectivity index (χ0v) is 18.6. The van der Waals surface area contributed by atoms with E-state index >= 15 is 0 Å². The highest BCUT2D eigenvalue weighted by atomic mass is 35.5. The lowest BCUT2D eigenvalue weighted by Gasteiger charge is -2.30. The molecule has 1 unspecified atom stereocenters. The van der Waals surface area contributed by atoms with E-state index in [9.17, 15) is 5.11 Å². The first-order valence-electron chi connectivity index (χ1n) is 9.51. The van der Waals surface area contributed by atoms with Crippen molar-refractivity contribution in [1.82, 2.24) is 19.3 Å². The molecular formula is C23H19Cl3N4O. The topological polar surface area (TPSA) is 55.9 Å². The van der Waals surface area contributed by atoms with Gasteiger partial charge in [0.25, 0.3) is 0 Å². The van der Waals surface area contributed by atoms with Crippen LogP contribution in [0.25, 0.3) is 12.2 Å². The van der Waals surface area contributed by atoms with Crippen LogP contribution in [0, 0.1) is 0 Å². The summed E-state index contributed by atoms with van der Waals surface area (Å²) in [6.07, 6.45) is 10.9. The van der Waals surface area contributed by atoms with Crippen molar-refractivity contribution in [2.24, 2.45) is 0 Å². The number of rotatable bonds is 7. The average molecular weight is 474 g/mol. The molecule has 8 heteroatoms. The summed E-state index contributed by atoms with van der Waals surface area (Å²) in [5, 5.41) is 17.4. The van der Waals surface area contributed by atoms with Gasteiger partial charge in [0.15, 0.2) is 0 Å². The van der Waals surface area contributed by atoms with Crippen molar-refractivity contribution in [2.45, 2.75) is 18.7 Å². The van der Waals surface area contributed by atoms with Crippen LogP contribution in [0.5, 0.6) is 0 Å². The Labute approximate surface area is 195 Å². The molecule has 0 radical (unpaired) electrons. The first-order chi connectivity index (χ1) is 14.9. The minimum Gasteiger partial charge on any atom is -0.381 e. The van der Waals surface area contributed by atoms with Crippen LogP contribution in [-0.2, 0) is 18.7 Å². The van der Waals surface area contributed by atoms with Crippen LogP contribution in [0.15, 0.2) is 73.6 Å². The number of nitrogens with zero attached hydrogens (tertiary/aromatic N) is 4. The molecule has 0 saturated heterocycles. The van der Waals surface area contributed by atoms with Crippen LogP contribution < -0.4 is 0 Å². The molecule has 2 aromatic heterocycles.